The van der Waals surface area contributed by atoms with Gasteiger partial charge in [0, 0.05) is 30.4 Å². The summed E-state index contributed by atoms with van der Waals surface area (Å²) in [4.78, 5) is 12.0. The molecule has 0 radical (unpaired) electrons. The number of rotatable bonds is 1. The van der Waals surface area contributed by atoms with Gasteiger partial charge in [-0.05, 0) is 12.0 Å². The first-order valence-electron chi connectivity index (χ1n) is 4.10. The van der Waals surface area contributed by atoms with E-state index in [9.17, 15) is 0 Å². The maximum atomic E-state index is 4.10. The molecule has 1 aliphatic heterocycles. The van der Waals surface area contributed by atoms with Crippen LogP contribution in [-0.2, 0) is 0 Å². The van der Waals surface area contributed by atoms with Gasteiger partial charge in [0.15, 0.2) is 0 Å². The lowest BCUT2D eigenvalue weighted by Crippen LogP contribution is -1.87. The number of hydrogen-bond acceptors (Lipinski definition) is 3. The molecule has 0 unspecified atom stereocenters. The molecule has 0 bridgehead atoms. The van der Waals surface area contributed by atoms with Gasteiger partial charge >= 0.3 is 0 Å². The lowest BCUT2D eigenvalue weighted by atomic mass is 10.1. The predicted molar refractivity (Wildman–Crippen MR) is 52.3 cm³/mol. The van der Waals surface area contributed by atoms with Crippen LogP contribution in [0.25, 0.3) is 5.57 Å². The van der Waals surface area contributed by atoms with Crippen LogP contribution in [0.1, 0.15) is 12.0 Å². The SMILES string of the molecule is C1=CN=CC(c2cncnc2)=CC1. The summed E-state index contributed by atoms with van der Waals surface area (Å²) < 4.78 is 0. The Morgan fingerprint density at radius 3 is 2.85 bits per heavy atom. The van der Waals surface area contributed by atoms with Crippen molar-refractivity contribution in [2.45, 2.75) is 6.42 Å². The topological polar surface area (TPSA) is 38.1 Å². The zero-order valence-corrected chi connectivity index (χ0v) is 7.09. The number of allylic oxidation sites excluding steroid dienone is 3. The van der Waals surface area contributed by atoms with Gasteiger partial charge in [-0.1, -0.05) is 12.2 Å². The number of aliphatic imine (C=N–C) groups is 1. The van der Waals surface area contributed by atoms with E-state index >= 15 is 0 Å². The standard InChI is InChI=1S/C10H9N3/c1-2-4-11-5-9(3-1)10-6-12-8-13-7-10/h2-8H,1H2. The Kier molecular flexibility index (Phi) is 2.27. The van der Waals surface area contributed by atoms with Crippen molar-refractivity contribution in [3.63, 3.8) is 0 Å². The summed E-state index contributed by atoms with van der Waals surface area (Å²) in [6.07, 6.45) is 13.7. The molecule has 0 spiro atoms. The van der Waals surface area contributed by atoms with E-state index in [0.717, 1.165) is 17.6 Å². The fourth-order valence-corrected chi connectivity index (χ4v) is 1.13. The molecular formula is C10H9N3. The lowest BCUT2D eigenvalue weighted by Gasteiger charge is -1.97. The quantitative estimate of drug-likeness (QED) is 0.646. The Bertz CT molecular complexity index is 363. The average molecular weight is 171 g/mol. The molecule has 1 aromatic heterocycles. The number of hydrogen-bond donors (Lipinski definition) is 0. The van der Waals surface area contributed by atoms with E-state index in [-0.39, 0.29) is 0 Å². The number of aromatic nitrogens is 2. The minimum Gasteiger partial charge on any atom is -0.264 e. The molecule has 2 heterocycles. The summed E-state index contributed by atoms with van der Waals surface area (Å²) >= 11 is 0. The normalized spacial score (nSPS) is 15.2. The summed E-state index contributed by atoms with van der Waals surface area (Å²) in [7, 11) is 0. The average Bonchev–Trinajstić information content (AvgIpc) is 2.47. The first-order chi connectivity index (χ1) is 6.47. The summed E-state index contributed by atoms with van der Waals surface area (Å²) in [6.45, 7) is 0. The van der Waals surface area contributed by atoms with Crippen LogP contribution < -0.4 is 0 Å². The molecule has 1 aromatic rings. The molecule has 0 saturated carbocycles. The first kappa shape index (κ1) is 7.86. The predicted octanol–water partition coefficient (Wildman–Crippen LogP) is 1.85. The van der Waals surface area contributed by atoms with Crippen LogP contribution in [-0.4, -0.2) is 16.2 Å². The molecular weight excluding hydrogens is 162 g/mol. The van der Waals surface area contributed by atoms with Crippen molar-refractivity contribution < 1.29 is 0 Å². The Morgan fingerprint density at radius 1 is 1.15 bits per heavy atom. The maximum Gasteiger partial charge on any atom is 0.115 e. The van der Waals surface area contributed by atoms with Gasteiger partial charge in [-0.2, -0.15) is 0 Å². The van der Waals surface area contributed by atoms with Crippen LogP contribution in [0.3, 0.4) is 0 Å². The minimum atomic E-state index is 0.907. The fourth-order valence-electron chi connectivity index (χ4n) is 1.13. The third-order valence-electron chi connectivity index (χ3n) is 1.77. The lowest BCUT2D eigenvalue weighted by molar-refractivity contribution is 1.15. The van der Waals surface area contributed by atoms with Crippen molar-refractivity contribution in [2.75, 3.05) is 0 Å². The molecule has 2 rings (SSSR count). The van der Waals surface area contributed by atoms with Gasteiger partial charge in [-0.25, -0.2) is 9.97 Å². The van der Waals surface area contributed by atoms with Crippen molar-refractivity contribution in [1.29, 1.82) is 0 Å². The van der Waals surface area contributed by atoms with Crippen LogP contribution in [0, 0.1) is 0 Å². The molecule has 0 fully saturated rings. The van der Waals surface area contributed by atoms with E-state index in [4.69, 9.17) is 0 Å². The zero-order valence-electron chi connectivity index (χ0n) is 7.09. The summed E-state index contributed by atoms with van der Waals surface area (Å²) in [5.41, 5.74) is 2.08. The van der Waals surface area contributed by atoms with Crippen LogP contribution in [0.5, 0.6) is 0 Å². The molecule has 0 saturated heterocycles. The largest absolute Gasteiger partial charge is 0.264 e. The van der Waals surface area contributed by atoms with Gasteiger partial charge in [-0.3, -0.25) is 4.99 Å². The zero-order chi connectivity index (χ0) is 8.93. The Labute approximate surface area is 76.6 Å². The molecule has 13 heavy (non-hydrogen) atoms. The van der Waals surface area contributed by atoms with E-state index in [1.807, 2.05) is 12.3 Å². The van der Waals surface area contributed by atoms with Gasteiger partial charge in [0.1, 0.15) is 6.33 Å². The smallest absolute Gasteiger partial charge is 0.115 e. The second-order valence-electron chi connectivity index (χ2n) is 2.69. The van der Waals surface area contributed by atoms with E-state index in [0.29, 0.717) is 0 Å². The van der Waals surface area contributed by atoms with Crippen molar-refractivity contribution in [3.8, 4) is 0 Å². The van der Waals surface area contributed by atoms with E-state index in [2.05, 4.69) is 21.0 Å². The highest BCUT2D eigenvalue weighted by Gasteiger charge is 1.98. The van der Waals surface area contributed by atoms with Crippen LogP contribution in [0.15, 0.2) is 42.1 Å². The second-order valence-corrected chi connectivity index (χ2v) is 2.69. The summed E-state index contributed by atoms with van der Waals surface area (Å²) in [5, 5.41) is 0. The van der Waals surface area contributed by atoms with Gasteiger partial charge in [0.2, 0.25) is 0 Å². The summed E-state index contributed by atoms with van der Waals surface area (Å²) in [6, 6.07) is 0. The van der Waals surface area contributed by atoms with Crippen molar-refractivity contribution in [1.82, 2.24) is 9.97 Å². The summed E-state index contributed by atoms with van der Waals surface area (Å²) in [5.74, 6) is 0. The molecule has 3 heteroatoms. The highest BCUT2D eigenvalue weighted by atomic mass is 14.8. The molecule has 0 aromatic carbocycles. The van der Waals surface area contributed by atoms with Crippen molar-refractivity contribution >= 4 is 11.8 Å². The van der Waals surface area contributed by atoms with Gasteiger partial charge < -0.3 is 0 Å². The molecule has 0 aliphatic carbocycles. The number of nitrogens with zero attached hydrogens (tertiary/aromatic N) is 3. The molecule has 64 valence electrons. The highest BCUT2D eigenvalue weighted by Crippen LogP contribution is 2.12. The first-order valence-corrected chi connectivity index (χ1v) is 4.10. The van der Waals surface area contributed by atoms with Crippen molar-refractivity contribution in [3.05, 3.63) is 42.6 Å². The van der Waals surface area contributed by atoms with E-state index in [1.54, 1.807) is 18.6 Å². The minimum absolute atomic E-state index is 0.907. The molecule has 3 nitrogen and oxygen atoms in total. The Hall–Kier alpha value is -1.77. The van der Waals surface area contributed by atoms with Gasteiger partial charge in [0.25, 0.3) is 0 Å². The van der Waals surface area contributed by atoms with Crippen molar-refractivity contribution in [2.24, 2.45) is 4.99 Å². The maximum absolute atomic E-state index is 4.10. The fraction of sp³-hybridized carbons (Fsp3) is 0.100. The Balaban J connectivity index is 2.32. The van der Waals surface area contributed by atoms with Crippen LogP contribution >= 0.6 is 0 Å². The van der Waals surface area contributed by atoms with Crippen LogP contribution in [0.4, 0.5) is 0 Å². The molecule has 0 amide bonds. The van der Waals surface area contributed by atoms with E-state index < -0.39 is 0 Å². The monoisotopic (exact) mass is 171 g/mol. The molecule has 1 aliphatic rings. The molecule has 0 N–H and O–H groups in total. The molecule has 0 atom stereocenters. The van der Waals surface area contributed by atoms with Gasteiger partial charge in [0.05, 0.1) is 0 Å². The van der Waals surface area contributed by atoms with E-state index in [1.165, 1.54) is 6.33 Å². The third-order valence-corrected chi connectivity index (χ3v) is 1.77. The Morgan fingerprint density at radius 2 is 2.00 bits per heavy atom. The second kappa shape index (κ2) is 3.76. The van der Waals surface area contributed by atoms with Gasteiger partial charge in [-0.15, -0.1) is 0 Å². The highest BCUT2D eigenvalue weighted by molar-refractivity contribution is 6.09. The third kappa shape index (κ3) is 1.87. The van der Waals surface area contributed by atoms with Crippen LogP contribution in [0.2, 0.25) is 0 Å².